The molecule has 1 aliphatic heterocycles. The number of nitrogen functional groups attached to an aromatic ring is 3. The van der Waals surface area contributed by atoms with Crippen LogP contribution in [0.15, 0.2) is 96.7 Å². The highest BCUT2D eigenvalue weighted by molar-refractivity contribution is 8.08. The molecule has 5 rings (SSSR count). The van der Waals surface area contributed by atoms with E-state index >= 15 is 0 Å². The maximum Gasteiger partial charge on any atom is 0.193 e. The summed E-state index contributed by atoms with van der Waals surface area (Å²) in [6.07, 6.45) is 6.32. The molecular formula is C25H24N4OS. The van der Waals surface area contributed by atoms with Gasteiger partial charge in [0, 0.05) is 39.1 Å². The van der Waals surface area contributed by atoms with Crippen molar-refractivity contribution in [2.24, 2.45) is 5.73 Å². The maximum absolute atomic E-state index is 12.0. The molecule has 1 heterocycles. The Morgan fingerprint density at radius 3 is 1.61 bits per heavy atom. The minimum atomic E-state index is -0.0278. The van der Waals surface area contributed by atoms with Crippen molar-refractivity contribution in [3.05, 3.63) is 113 Å². The van der Waals surface area contributed by atoms with Gasteiger partial charge in [-0.3, -0.25) is 4.79 Å². The smallest absolute Gasteiger partial charge is 0.193 e. The zero-order valence-corrected chi connectivity index (χ0v) is 17.7. The van der Waals surface area contributed by atoms with Crippen LogP contribution in [0.2, 0.25) is 0 Å². The van der Waals surface area contributed by atoms with Crippen LogP contribution in [0, 0.1) is 0 Å². The Balaban J connectivity index is 0.000000149. The van der Waals surface area contributed by atoms with Crippen molar-refractivity contribution < 1.29 is 4.79 Å². The van der Waals surface area contributed by atoms with Crippen LogP contribution >= 0.6 is 11.8 Å². The Bertz CT molecular complexity index is 1100. The molecular weight excluding hydrogens is 404 g/mol. The van der Waals surface area contributed by atoms with Gasteiger partial charge in [-0.1, -0.05) is 18.2 Å². The molecule has 1 saturated heterocycles. The number of fused-ring (bicyclic) bond motifs is 1. The van der Waals surface area contributed by atoms with E-state index in [9.17, 15) is 4.79 Å². The van der Waals surface area contributed by atoms with Crippen LogP contribution in [0.4, 0.5) is 17.1 Å². The predicted molar refractivity (Wildman–Crippen MR) is 130 cm³/mol. The van der Waals surface area contributed by atoms with Gasteiger partial charge in [0.25, 0.3) is 0 Å². The Morgan fingerprint density at radius 2 is 1.16 bits per heavy atom. The summed E-state index contributed by atoms with van der Waals surface area (Å²) in [7, 11) is 0. The van der Waals surface area contributed by atoms with Crippen LogP contribution in [0.1, 0.15) is 21.5 Å². The van der Waals surface area contributed by atoms with Crippen molar-refractivity contribution in [2.75, 3.05) is 17.2 Å². The van der Waals surface area contributed by atoms with E-state index in [4.69, 9.17) is 22.9 Å². The number of benzene rings is 3. The summed E-state index contributed by atoms with van der Waals surface area (Å²) >= 11 is 1.93. The van der Waals surface area contributed by atoms with Gasteiger partial charge < -0.3 is 22.9 Å². The average molecular weight is 429 g/mol. The van der Waals surface area contributed by atoms with Gasteiger partial charge in [0.05, 0.1) is 4.75 Å². The molecule has 2 atom stereocenters. The van der Waals surface area contributed by atoms with Crippen LogP contribution < -0.4 is 22.9 Å². The highest BCUT2D eigenvalue weighted by atomic mass is 32.2. The van der Waals surface area contributed by atoms with E-state index in [1.807, 2.05) is 30.0 Å². The molecule has 8 N–H and O–H groups in total. The maximum atomic E-state index is 12.0. The Labute approximate surface area is 185 Å². The van der Waals surface area contributed by atoms with Crippen LogP contribution in [-0.4, -0.2) is 11.0 Å². The molecule has 0 amide bonds. The molecule has 3 aromatic carbocycles. The van der Waals surface area contributed by atoms with E-state index in [2.05, 4.69) is 24.3 Å². The average Bonchev–Trinajstić information content (AvgIpc) is 3.50. The molecule has 2 unspecified atom stereocenters. The number of thioether (sulfide) groups is 1. The van der Waals surface area contributed by atoms with Crippen LogP contribution in [0.5, 0.6) is 0 Å². The normalized spacial score (nSPS) is 20.6. The summed E-state index contributed by atoms with van der Waals surface area (Å²) in [5, 5.41) is 0.506. The highest BCUT2D eigenvalue weighted by Crippen LogP contribution is 2.64. The SMILES string of the molecule is NC1=CC2SC2(c2ccc(N)cc2)C=C1.Nc1ccc(C(=O)c2ccc(N)cc2)cc1. The quantitative estimate of drug-likeness (QED) is 0.283. The second-order valence-electron chi connectivity index (χ2n) is 7.53. The monoisotopic (exact) mass is 428 g/mol. The molecule has 0 aromatic heterocycles. The third-order valence-corrected chi connectivity index (χ3v) is 6.79. The topological polar surface area (TPSA) is 121 Å². The fourth-order valence-electron chi connectivity index (χ4n) is 3.43. The third-order valence-electron chi connectivity index (χ3n) is 5.26. The lowest BCUT2D eigenvalue weighted by Gasteiger charge is -2.13. The van der Waals surface area contributed by atoms with E-state index in [-0.39, 0.29) is 10.5 Å². The molecule has 31 heavy (non-hydrogen) atoms. The van der Waals surface area contributed by atoms with Crippen molar-refractivity contribution in [1.82, 2.24) is 0 Å². The summed E-state index contributed by atoms with van der Waals surface area (Å²) in [4.78, 5) is 12.0. The molecule has 3 aromatic rings. The third kappa shape index (κ3) is 4.44. The lowest BCUT2D eigenvalue weighted by molar-refractivity contribution is 0.103. The zero-order chi connectivity index (χ0) is 22.0. The Morgan fingerprint density at radius 1 is 0.710 bits per heavy atom. The van der Waals surface area contributed by atoms with Gasteiger partial charge in [-0.25, -0.2) is 0 Å². The van der Waals surface area contributed by atoms with Gasteiger partial charge in [0.2, 0.25) is 0 Å². The fourth-order valence-corrected chi connectivity index (χ4v) is 4.70. The van der Waals surface area contributed by atoms with Gasteiger partial charge in [0.1, 0.15) is 0 Å². The molecule has 5 nitrogen and oxygen atoms in total. The number of rotatable bonds is 3. The molecule has 1 aliphatic carbocycles. The predicted octanol–water partition coefficient (Wildman–Crippen LogP) is 4.07. The summed E-state index contributed by atoms with van der Waals surface area (Å²) in [6, 6.07) is 21.8. The first-order valence-electron chi connectivity index (χ1n) is 9.83. The van der Waals surface area contributed by atoms with E-state index in [0.29, 0.717) is 27.8 Å². The van der Waals surface area contributed by atoms with Gasteiger partial charge in [-0.15, -0.1) is 11.8 Å². The fraction of sp³-hybridized carbons (Fsp3) is 0.0800. The van der Waals surface area contributed by atoms with Crippen molar-refractivity contribution in [3.63, 3.8) is 0 Å². The Hall–Kier alpha value is -3.64. The van der Waals surface area contributed by atoms with Crippen molar-refractivity contribution in [1.29, 1.82) is 0 Å². The van der Waals surface area contributed by atoms with E-state index in [0.717, 1.165) is 11.4 Å². The van der Waals surface area contributed by atoms with Gasteiger partial charge in [-0.2, -0.15) is 0 Å². The number of carbonyl (C=O) groups excluding carboxylic acids is 1. The molecule has 0 spiro atoms. The Kier molecular flexibility index (Phi) is 5.48. The lowest BCUT2D eigenvalue weighted by atomic mass is 9.92. The largest absolute Gasteiger partial charge is 0.399 e. The summed E-state index contributed by atoms with van der Waals surface area (Å²) in [5.74, 6) is -0.0278. The second-order valence-corrected chi connectivity index (χ2v) is 8.95. The molecule has 0 saturated carbocycles. The molecule has 6 heteroatoms. The lowest BCUT2D eigenvalue weighted by Crippen LogP contribution is -2.13. The first-order chi connectivity index (χ1) is 14.9. The molecule has 0 radical (unpaired) electrons. The number of ketones is 1. The highest BCUT2D eigenvalue weighted by Gasteiger charge is 2.54. The van der Waals surface area contributed by atoms with Gasteiger partial charge in [0.15, 0.2) is 5.78 Å². The van der Waals surface area contributed by atoms with Crippen LogP contribution in [-0.2, 0) is 4.75 Å². The standard InChI is InChI=1S/C13H12N2O.C12H12N2S/c14-11-5-1-9(2-6-11)13(16)10-3-7-12(15)8-4-10;13-9-3-1-8(2-4-9)12-6-5-10(14)7-11(12)15-12/h1-8H,14-15H2;1-7,11H,13-14H2. The molecule has 156 valence electrons. The van der Waals surface area contributed by atoms with Crippen molar-refractivity contribution >= 4 is 34.6 Å². The second kappa shape index (κ2) is 8.24. The van der Waals surface area contributed by atoms with Gasteiger partial charge in [-0.05, 0) is 78.4 Å². The number of nitrogens with two attached hydrogens (primary N) is 4. The minimum Gasteiger partial charge on any atom is -0.399 e. The first kappa shape index (κ1) is 20.6. The molecule has 2 aliphatic rings. The first-order valence-corrected chi connectivity index (χ1v) is 10.7. The molecule has 1 fully saturated rings. The van der Waals surface area contributed by atoms with E-state index < -0.39 is 0 Å². The molecule has 0 bridgehead atoms. The minimum absolute atomic E-state index is 0.0278. The number of carbonyl (C=O) groups is 1. The number of allylic oxidation sites excluding steroid dienone is 1. The van der Waals surface area contributed by atoms with Crippen molar-refractivity contribution in [2.45, 2.75) is 10.00 Å². The van der Waals surface area contributed by atoms with Crippen LogP contribution in [0.25, 0.3) is 0 Å². The number of hydrogen-bond donors (Lipinski definition) is 4. The van der Waals surface area contributed by atoms with Crippen molar-refractivity contribution in [3.8, 4) is 0 Å². The summed E-state index contributed by atoms with van der Waals surface area (Å²) in [5.41, 5.74) is 28.1. The number of anilines is 3. The summed E-state index contributed by atoms with van der Waals surface area (Å²) < 4.78 is 0.135. The summed E-state index contributed by atoms with van der Waals surface area (Å²) in [6.45, 7) is 0. The zero-order valence-electron chi connectivity index (χ0n) is 16.9. The van der Waals surface area contributed by atoms with E-state index in [1.165, 1.54) is 5.56 Å². The number of hydrogen-bond acceptors (Lipinski definition) is 6. The van der Waals surface area contributed by atoms with Crippen LogP contribution in [0.3, 0.4) is 0 Å². The van der Waals surface area contributed by atoms with Gasteiger partial charge >= 0.3 is 0 Å². The van der Waals surface area contributed by atoms with E-state index in [1.54, 1.807) is 48.5 Å².